The fourth-order valence-corrected chi connectivity index (χ4v) is 3.14. The van der Waals surface area contributed by atoms with Crippen molar-refractivity contribution in [3.8, 4) is 0 Å². The molecule has 0 saturated carbocycles. The van der Waals surface area contributed by atoms with E-state index in [4.69, 9.17) is 4.74 Å². The maximum absolute atomic E-state index is 12.7. The smallest absolute Gasteiger partial charge is 0.416 e. The van der Waals surface area contributed by atoms with E-state index in [2.05, 4.69) is 5.32 Å². The van der Waals surface area contributed by atoms with Crippen LogP contribution in [0.5, 0.6) is 0 Å². The van der Waals surface area contributed by atoms with Gasteiger partial charge in [-0.05, 0) is 71.0 Å². The third kappa shape index (κ3) is 5.99. The number of likely N-dealkylation sites (N-methyl/N-ethyl adjacent to an activating group) is 1. The Morgan fingerprint density at radius 2 is 1.74 bits per heavy atom. The molecule has 2 atom stereocenters. The van der Waals surface area contributed by atoms with Crippen LogP contribution in [0.4, 0.5) is 18.0 Å². The van der Waals surface area contributed by atoms with E-state index in [1.165, 1.54) is 12.1 Å². The molecule has 0 aromatic heterocycles. The van der Waals surface area contributed by atoms with Crippen LogP contribution in [0.25, 0.3) is 5.57 Å². The first-order chi connectivity index (χ1) is 12.4. The Bertz CT molecular complexity index is 689. The van der Waals surface area contributed by atoms with Gasteiger partial charge < -0.3 is 15.0 Å². The molecule has 1 aromatic carbocycles. The van der Waals surface area contributed by atoms with Crippen molar-refractivity contribution in [1.29, 1.82) is 0 Å². The molecule has 4 nitrogen and oxygen atoms in total. The lowest BCUT2D eigenvalue weighted by atomic mass is 9.86. The molecule has 1 N–H and O–H groups in total. The predicted octanol–water partition coefficient (Wildman–Crippen LogP) is 4.71. The number of hydrogen-bond acceptors (Lipinski definition) is 3. The van der Waals surface area contributed by atoms with Crippen LogP contribution in [0.15, 0.2) is 30.3 Å². The first-order valence-corrected chi connectivity index (χ1v) is 8.89. The van der Waals surface area contributed by atoms with Gasteiger partial charge in [0.1, 0.15) is 5.60 Å². The summed E-state index contributed by atoms with van der Waals surface area (Å²) in [5, 5.41) is 2.91. The number of carbonyl (C=O) groups excluding carboxylic acids is 1. The Morgan fingerprint density at radius 1 is 1.15 bits per heavy atom. The van der Waals surface area contributed by atoms with Crippen molar-refractivity contribution >= 4 is 11.7 Å². The van der Waals surface area contributed by atoms with E-state index in [-0.39, 0.29) is 12.1 Å². The predicted molar refractivity (Wildman–Crippen MR) is 99.3 cm³/mol. The molecule has 0 saturated heterocycles. The molecule has 27 heavy (non-hydrogen) atoms. The topological polar surface area (TPSA) is 41.6 Å². The SMILES string of the molecule is CN(C)[C@H]1CC(c2ccc(C(F)(F)F)cc2)=CC[C@@H]1NC(=O)OC(C)(C)C. The summed E-state index contributed by atoms with van der Waals surface area (Å²) < 4.78 is 43.6. The summed E-state index contributed by atoms with van der Waals surface area (Å²) >= 11 is 0. The van der Waals surface area contributed by atoms with Crippen LogP contribution in [-0.4, -0.2) is 42.8 Å². The number of benzene rings is 1. The average molecular weight is 384 g/mol. The van der Waals surface area contributed by atoms with Gasteiger partial charge in [0.15, 0.2) is 0 Å². The number of alkyl halides is 3. The third-order valence-electron chi connectivity index (χ3n) is 4.46. The summed E-state index contributed by atoms with van der Waals surface area (Å²) in [6.45, 7) is 5.42. The van der Waals surface area contributed by atoms with E-state index >= 15 is 0 Å². The molecule has 2 rings (SSSR count). The van der Waals surface area contributed by atoms with Crippen molar-refractivity contribution in [3.05, 3.63) is 41.5 Å². The first kappa shape index (κ1) is 21.3. The molecule has 7 heteroatoms. The molecule has 0 fully saturated rings. The quantitative estimate of drug-likeness (QED) is 0.821. The number of rotatable bonds is 3. The molecule has 0 spiro atoms. The average Bonchev–Trinajstić information content (AvgIpc) is 2.52. The molecule has 1 amide bonds. The van der Waals surface area contributed by atoms with E-state index in [0.717, 1.165) is 23.3 Å². The molecule has 0 heterocycles. The molecule has 0 aliphatic heterocycles. The number of amides is 1. The minimum absolute atomic E-state index is 0.0137. The van der Waals surface area contributed by atoms with E-state index in [1.807, 2.05) is 25.1 Å². The van der Waals surface area contributed by atoms with E-state index in [9.17, 15) is 18.0 Å². The number of carbonyl (C=O) groups is 1. The van der Waals surface area contributed by atoms with E-state index < -0.39 is 23.4 Å². The van der Waals surface area contributed by atoms with E-state index in [1.54, 1.807) is 20.8 Å². The van der Waals surface area contributed by atoms with Crippen molar-refractivity contribution < 1.29 is 22.7 Å². The van der Waals surface area contributed by atoms with Crippen LogP contribution in [0.3, 0.4) is 0 Å². The number of alkyl carbamates (subject to hydrolysis) is 1. The number of hydrogen-bond donors (Lipinski definition) is 1. The van der Waals surface area contributed by atoms with Crippen LogP contribution in [0, 0.1) is 0 Å². The third-order valence-corrected chi connectivity index (χ3v) is 4.46. The maximum Gasteiger partial charge on any atom is 0.416 e. The molecular formula is C20H27F3N2O2. The summed E-state index contributed by atoms with van der Waals surface area (Å²) in [6, 6.07) is 5.09. The highest BCUT2D eigenvalue weighted by molar-refractivity contribution is 5.70. The van der Waals surface area contributed by atoms with Crippen molar-refractivity contribution in [2.24, 2.45) is 0 Å². The van der Waals surface area contributed by atoms with Crippen molar-refractivity contribution in [2.75, 3.05) is 14.1 Å². The monoisotopic (exact) mass is 384 g/mol. The zero-order valence-electron chi connectivity index (χ0n) is 16.4. The highest BCUT2D eigenvalue weighted by Crippen LogP contribution is 2.33. The Balaban J connectivity index is 2.14. The molecule has 150 valence electrons. The Labute approximate surface area is 158 Å². The number of nitrogens with one attached hydrogen (secondary N) is 1. The van der Waals surface area contributed by atoms with Crippen LogP contribution in [-0.2, 0) is 10.9 Å². The molecule has 1 aromatic rings. The fraction of sp³-hybridized carbons (Fsp3) is 0.550. The van der Waals surface area contributed by atoms with Gasteiger partial charge in [-0.1, -0.05) is 18.2 Å². The Morgan fingerprint density at radius 3 is 2.22 bits per heavy atom. The van der Waals surface area contributed by atoms with Gasteiger partial charge in [-0.25, -0.2) is 4.79 Å². The lowest BCUT2D eigenvalue weighted by Gasteiger charge is -2.36. The molecule has 0 unspecified atom stereocenters. The van der Waals surface area contributed by atoms with Crippen LogP contribution < -0.4 is 5.32 Å². The number of halogens is 3. The summed E-state index contributed by atoms with van der Waals surface area (Å²) in [5.41, 5.74) is 0.514. The second kappa shape index (κ2) is 7.92. The lowest BCUT2D eigenvalue weighted by Crippen LogP contribution is -2.51. The molecule has 0 bridgehead atoms. The molecular weight excluding hydrogens is 357 g/mol. The van der Waals surface area contributed by atoms with Gasteiger partial charge in [-0.2, -0.15) is 13.2 Å². The minimum Gasteiger partial charge on any atom is -0.444 e. The highest BCUT2D eigenvalue weighted by Gasteiger charge is 2.32. The largest absolute Gasteiger partial charge is 0.444 e. The Hall–Kier alpha value is -2.02. The Kier molecular flexibility index (Phi) is 6.24. The van der Waals surface area contributed by atoms with Gasteiger partial charge in [-0.15, -0.1) is 0 Å². The summed E-state index contributed by atoms with van der Waals surface area (Å²) in [4.78, 5) is 14.1. The summed E-state index contributed by atoms with van der Waals surface area (Å²) in [6.07, 6.45) is -1.62. The zero-order chi connectivity index (χ0) is 20.4. The van der Waals surface area contributed by atoms with Gasteiger partial charge in [0.05, 0.1) is 11.6 Å². The number of nitrogens with zero attached hydrogens (tertiary/aromatic N) is 1. The number of ether oxygens (including phenoxy) is 1. The fourth-order valence-electron chi connectivity index (χ4n) is 3.14. The second-order valence-corrected chi connectivity index (χ2v) is 8.03. The highest BCUT2D eigenvalue weighted by atomic mass is 19.4. The van der Waals surface area contributed by atoms with E-state index in [0.29, 0.717) is 12.8 Å². The zero-order valence-corrected chi connectivity index (χ0v) is 16.4. The van der Waals surface area contributed by atoms with Crippen molar-refractivity contribution in [3.63, 3.8) is 0 Å². The van der Waals surface area contributed by atoms with Crippen molar-refractivity contribution in [1.82, 2.24) is 10.2 Å². The van der Waals surface area contributed by atoms with Gasteiger partial charge in [-0.3, -0.25) is 0 Å². The van der Waals surface area contributed by atoms with Crippen LogP contribution in [0.2, 0.25) is 0 Å². The lowest BCUT2D eigenvalue weighted by molar-refractivity contribution is -0.137. The standard InChI is InChI=1S/C20H27F3N2O2/c1-19(2,3)27-18(26)24-16-11-8-14(12-17(16)25(4)5)13-6-9-15(10-7-13)20(21,22)23/h6-10,16-17H,11-12H2,1-5H3,(H,24,26)/t16-,17-/m0/s1. The summed E-state index contributed by atoms with van der Waals surface area (Å²) in [7, 11) is 3.84. The second-order valence-electron chi connectivity index (χ2n) is 8.03. The van der Waals surface area contributed by atoms with Crippen molar-refractivity contribution in [2.45, 2.75) is 57.5 Å². The molecule has 1 aliphatic carbocycles. The van der Waals surface area contributed by atoms with Crippen LogP contribution >= 0.6 is 0 Å². The van der Waals surface area contributed by atoms with Crippen LogP contribution in [0.1, 0.15) is 44.7 Å². The van der Waals surface area contributed by atoms with Gasteiger partial charge in [0, 0.05) is 6.04 Å². The first-order valence-electron chi connectivity index (χ1n) is 8.89. The van der Waals surface area contributed by atoms with Gasteiger partial charge in [0.25, 0.3) is 0 Å². The maximum atomic E-state index is 12.7. The molecule has 1 aliphatic rings. The molecule has 0 radical (unpaired) electrons. The van der Waals surface area contributed by atoms with Gasteiger partial charge >= 0.3 is 12.3 Å². The summed E-state index contributed by atoms with van der Waals surface area (Å²) in [5.74, 6) is 0. The normalized spacial score (nSPS) is 21.0. The van der Waals surface area contributed by atoms with Gasteiger partial charge in [0.2, 0.25) is 0 Å². The minimum atomic E-state index is -4.34.